The standard InChI is InChI=1S/C23H21N3O3/c1-13-3-6-17-20(9-13)29-21-10-14(12-25-2)4-7-18(21)22(17)16-8-5-15(26-24)11-19(16)23(27)28/h3-11,25-26H,1,12,24H2,2H3,(H,27,28). The molecule has 3 aromatic rings. The molecule has 0 fully saturated rings. The van der Waals surface area contributed by atoms with E-state index in [0.717, 1.165) is 27.1 Å². The molecule has 1 aliphatic heterocycles. The Bertz CT molecular complexity index is 1230. The van der Waals surface area contributed by atoms with Gasteiger partial charge in [0, 0.05) is 28.6 Å². The first-order chi connectivity index (χ1) is 14.0. The van der Waals surface area contributed by atoms with Gasteiger partial charge in [-0.3, -0.25) is 5.84 Å². The highest BCUT2D eigenvalue weighted by atomic mass is 16.5. The third-order valence-corrected chi connectivity index (χ3v) is 4.92. The Balaban J connectivity index is 2.06. The molecule has 0 atom stereocenters. The highest BCUT2D eigenvalue weighted by molar-refractivity contribution is 5.99. The Kier molecular flexibility index (Phi) is 4.80. The lowest BCUT2D eigenvalue weighted by atomic mass is 9.89. The topological polar surface area (TPSA) is 96.6 Å². The maximum atomic E-state index is 12.0. The lowest BCUT2D eigenvalue weighted by Crippen LogP contribution is -2.21. The van der Waals surface area contributed by atoms with Crippen LogP contribution in [0.5, 0.6) is 11.5 Å². The van der Waals surface area contributed by atoms with E-state index in [9.17, 15) is 9.90 Å². The Morgan fingerprint density at radius 3 is 2.59 bits per heavy atom. The minimum Gasteiger partial charge on any atom is -0.478 e. The van der Waals surface area contributed by atoms with Crippen molar-refractivity contribution in [2.75, 3.05) is 12.5 Å². The van der Waals surface area contributed by atoms with Crippen LogP contribution in [-0.4, -0.2) is 18.1 Å². The molecular formula is C23H21N3O3. The number of hydrogen-bond acceptors (Lipinski definition) is 5. The molecule has 0 bridgehead atoms. The van der Waals surface area contributed by atoms with Crippen LogP contribution in [0.4, 0.5) is 5.69 Å². The van der Waals surface area contributed by atoms with Crippen molar-refractivity contribution in [2.24, 2.45) is 5.84 Å². The van der Waals surface area contributed by atoms with Gasteiger partial charge in [-0.05, 0) is 47.7 Å². The smallest absolute Gasteiger partial charge is 0.336 e. The summed E-state index contributed by atoms with van der Waals surface area (Å²) in [6.45, 7) is 4.68. The van der Waals surface area contributed by atoms with Crippen LogP contribution in [0.25, 0.3) is 12.2 Å². The molecule has 0 aliphatic carbocycles. The van der Waals surface area contributed by atoms with E-state index in [0.29, 0.717) is 29.3 Å². The number of carbonyl (C=O) groups is 1. The number of benzene rings is 3. The highest BCUT2D eigenvalue weighted by Crippen LogP contribution is 2.38. The molecule has 3 aromatic carbocycles. The van der Waals surface area contributed by atoms with Crippen molar-refractivity contribution in [3.63, 3.8) is 0 Å². The van der Waals surface area contributed by atoms with Gasteiger partial charge in [-0.2, -0.15) is 0 Å². The summed E-state index contributed by atoms with van der Waals surface area (Å²) in [6, 6.07) is 16.7. The van der Waals surface area contributed by atoms with E-state index in [2.05, 4.69) is 17.3 Å². The first-order valence-electron chi connectivity index (χ1n) is 9.15. The van der Waals surface area contributed by atoms with Crippen molar-refractivity contribution >= 4 is 23.8 Å². The SMILES string of the molecule is C=c1ccc2c(c1)Oc1cc(CNC)ccc1C=2c1ccc(NN)cc1C(=O)O. The number of aromatic carboxylic acids is 1. The molecule has 0 amide bonds. The van der Waals surface area contributed by atoms with E-state index in [1.54, 1.807) is 12.1 Å². The van der Waals surface area contributed by atoms with Gasteiger partial charge in [0.2, 0.25) is 0 Å². The van der Waals surface area contributed by atoms with Crippen LogP contribution < -0.4 is 31.8 Å². The van der Waals surface area contributed by atoms with Crippen molar-refractivity contribution in [3.05, 3.63) is 87.3 Å². The molecule has 4 rings (SSSR count). The third-order valence-electron chi connectivity index (χ3n) is 4.92. The Hall–Kier alpha value is -3.61. The van der Waals surface area contributed by atoms with Crippen LogP contribution in [0.3, 0.4) is 0 Å². The number of carboxylic acids is 1. The number of nitrogens with one attached hydrogen (secondary N) is 2. The number of nitrogens with two attached hydrogens (primary N) is 1. The number of carboxylic acid groups (broad SMARTS) is 1. The average molecular weight is 387 g/mol. The number of rotatable bonds is 5. The van der Waals surface area contributed by atoms with E-state index >= 15 is 0 Å². The second kappa shape index (κ2) is 7.43. The number of hydrazine groups is 1. The Labute approximate surface area is 167 Å². The normalized spacial score (nSPS) is 12.0. The number of ether oxygens (including phenoxy) is 1. The summed E-state index contributed by atoms with van der Waals surface area (Å²) in [6.07, 6.45) is 0. The minimum absolute atomic E-state index is 0.159. The predicted molar refractivity (Wildman–Crippen MR) is 113 cm³/mol. The maximum absolute atomic E-state index is 12.0. The monoisotopic (exact) mass is 387 g/mol. The van der Waals surface area contributed by atoms with Crippen molar-refractivity contribution < 1.29 is 14.6 Å². The van der Waals surface area contributed by atoms with Gasteiger partial charge in [0.25, 0.3) is 0 Å². The molecule has 1 aliphatic rings. The molecule has 6 heteroatoms. The molecule has 1 heterocycles. The van der Waals surface area contributed by atoms with Crippen LogP contribution in [0.1, 0.15) is 27.0 Å². The Morgan fingerprint density at radius 1 is 1.07 bits per heavy atom. The van der Waals surface area contributed by atoms with Gasteiger partial charge < -0.3 is 20.6 Å². The van der Waals surface area contributed by atoms with Gasteiger partial charge in [0.1, 0.15) is 11.5 Å². The fraction of sp³-hybridized carbons (Fsp3) is 0.0870. The molecule has 0 radical (unpaired) electrons. The summed E-state index contributed by atoms with van der Waals surface area (Å²) in [5.74, 6) is 5.79. The largest absolute Gasteiger partial charge is 0.478 e. The molecule has 0 saturated heterocycles. The van der Waals surface area contributed by atoms with Crippen molar-refractivity contribution in [1.82, 2.24) is 5.32 Å². The van der Waals surface area contributed by atoms with E-state index in [1.165, 1.54) is 6.07 Å². The van der Waals surface area contributed by atoms with Crippen LogP contribution >= 0.6 is 0 Å². The van der Waals surface area contributed by atoms with Crippen LogP contribution in [0, 0.1) is 0 Å². The molecule has 0 saturated carbocycles. The number of hydrogen-bond donors (Lipinski definition) is 4. The summed E-state index contributed by atoms with van der Waals surface area (Å²) in [5.41, 5.74) is 6.50. The quantitative estimate of drug-likeness (QED) is 0.310. The summed E-state index contributed by atoms with van der Waals surface area (Å²) >= 11 is 0. The van der Waals surface area contributed by atoms with Gasteiger partial charge in [0.05, 0.1) is 5.56 Å². The van der Waals surface area contributed by atoms with Gasteiger partial charge in [-0.15, -0.1) is 0 Å². The van der Waals surface area contributed by atoms with Gasteiger partial charge in [-0.25, -0.2) is 4.79 Å². The molecule has 0 spiro atoms. The first-order valence-corrected chi connectivity index (χ1v) is 9.15. The van der Waals surface area contributed by atoms with Crippen LogP contribution in [0.2, 0.25) is 0 Å². The van der Waals surface area contributed by atoms with Gasteiger partial charge >= 0.3 is 5.97 Å². The Morgan fingerprint density at radius 2 is 1.86 bits per heavy atom. The first kappa shape index (κ1) is 18.7. The zero-order valence-electron chi connectivity index (χ0n) is 16.0. The van der Waals surface area contributed by atoms with Crippen molar-refractivity contribution in [2.45, 2.75) is 6.54 Å². The van der Waals surface area contributed by atoms with Gasteiger partial charge in [-0.1, -0.05) is 36.9 Å². The van der Waals surface area contributed by atoms with Gasteiger partial charge in [0.15, 0.2) is 0 Å². The van der Waals surface area contributed by atoms with Crippen molar-refractivity contribution in [1.29, 1.82) is 0 Å². The van der Waals surface area contributed by atoms with Crippen molar-refractivity contribution in [3.8, 4) is 11.5 Å². The fourth-order valence-electron chi connectivity index (χ4n) is 3.61. The average Bonchev–Trinajstić information content (AvgIpc) is 2.71. The lowest BCUT2D eigenvalue weighted by Gasteiger charge is -2.23. The zero-order chi connectivity index (χ0) is 20.5. The molecule has 5 N–H and O–H groups in total. The third kappa shape index (κ3) is 3.35. The molecule has 146 valence electrons. The predicted octanol–water partition coefficient (Wildman–Crippen LogP) is 2.15. The highest BCUT2D eigenvalue weighted by Gasteiger charge is 2.24. The van der Waals surface area contributed by atoms with E-state index in [-0.39, 0.29) is 5.56 Å². The molecule has 29 heavy (non-hydrogen) atoms. The molecule has 6 nitrogen and oxygen atoms in total. The molecule has 0 unspecified atom stereocenters. The maximum Gasteiger partial charge on any atom is 0.336 e. The second-order valence-electron chi connectivity index (χ2n) is 6.88. The number of nitrogen functional groups attached to an aromatic ring is 1. The van der Waals surface area contributed by atoms with E-state index in [1.807, 2.05) is 43.4 Å². The summed E-state index contributed by atoms with van der Waals surface area (Å²) in [5, 5.41) is 14.6. The van der Waals surface area contributed by atoms with E-state index < -0.39 is 5.97 Å². The summed E-state index contributed by atoms with van der Waals surface area (Å²) < 4.78 is 6.17. The second-order valence-corrected chi connectivity index (χ2v) is 6.88. The summed E-state index contributed by atoms with van der Waals surface area (Å²) in [4.78, 5) is 12.0. The minimum atomic E-state index is -1.03. The fourth-order valence-corrected chi connectivity index (χ4v) is 3.61. The van der Waals surface area contributed by atoms with E-state index in [4.69, 9.17) is 10.6 Å². The lowest BCUT2D eigenvalue weighted by molar-refractivity contribution is 0.0696. The summed E-state index contributed by atoms with van der Waals surface area (Å²) in [7, 11) is 1.88. The number of anilines is 1. The zero-order valence-corrected chi connectivity index (χ0v) is 16.0. The van der Waals surface area contributed by atoms with Crippen LogP contribution in [-0.2, 0) is 6.54 Å². The molecular weight excluding hydrogens is 366 g/mol. The number of fused-ring (bicyclic) bond motifs is 2. The molecule has 0 aromatic heterocycles. The van der Waals surface area contributed by atoms with Crippen LogP contribution in [0.15, 0.2) is 54.6 Å².